The Labute approximate surface area is 121 Å². The largest absolute Gasteiger partial charge is 0.481 e. The molecule has 8 heteroatoms. The summed E-state index contributed by atoms with van der Waals surface area (Å²) in [7, 11) is 0. The molecule has 20 heavy (non-hydrogen) atoms. The van der Waals surface area contributed by atoms with E-state index in [1.165, 1.54) is 11.3 Å². The summed E-state index contributed by atoms with van der Waals surface area (Å²) in [5.41, 5.74) is 0. The van der Waals surface area contributed by atoms with Gasteiger partial charge in [-0.1, -0.05) is 31.1 Å². The van der Waals surface area contributed by atoms with Crippen molar-refractivity contribution in [3.8, 4) is 0 Å². The zero-order valence-electron chi connectivity index (χ0n) is 11.5. The lowest BCUT2D eigenvalue weighted by Crippen LogP contribution is -2.29. The molecule has 112 valence electrons. The first-order valence-electron chi connectivity index (χ1n) is 6.71. The first kappa shape index (κ1) is 16.4. The van der Waals surface area contributed by atoms with Crippen molar-refractivity contribution < 1.29 is 14.7 Å². The molecule has 0 bridgehead atoms. The van der Waals surface area contributed by atoms with Gasteiger partial charge in [-0.15, -0.1) is 10.2 Å². The Balaban J connectivity index is 2.22. The second kappa shape index (κ2) is 9.24. The van der Waals surface area contributed by atoms with Gasteiger partial charge >= 0.3 is 12.0 Å². The molecule has 1 rings (SSSR count). The van der Waals surface area contributed by atoms with E-state index in [9.17, 15) is 9.59 Å². The van der Waals surface area contributed by atoms with Crippen LogP contribution < -0.4 is 10.6 Å². The number of carbonyl (C=O) groups excluding carboxylic acids is 1. The molecule has 0 unspecified atom stereocenters. The molecule has 0 saturated heterocycles. The molecule has 3 N–H and O–H groups in total. The maximum Gasteiger partial charge on any atom is 0.321 e. The molecular formula is C12H20N4O3S. The molecule has 0 aliphatic carbocycles. The van der Waals surface area contributed by atoms with Crippen molar-refractivity contribution in [3.05, 3.63) is 5.01 Å². The summed E-state index contributed by atoms with van der Waals surface area (Å²) in [5.74, 6) is -0.868. The van der Waals surface area contributed by atoms with Crippen molar-refractivity contribution >= 4 is 28.5 Å². The number of nitrogens with zero attached hydrogens (tertiary/aromatic N) is 2. The Bertz CT molecular complexity index is 436. The smallest absolute Gasteiger partial charge is 0.321 e. The van der Waals surface area contributed by atoms with E-state index in [-0.39, 0.29) is 12.5 Å². The van der Waals surface area contributed by atoms with Gasteiger partial charge in [0, 0.05) is 19.4 Å². The minimum Gasteiger partial charge on any atom is -0.481 e. The number of nitrogens with one attached hydrogen (secondary N) is 2. The number of carboxylic acid groups (broad SMARTS) is 1. The number of rotatable bonds is 9. The van der Waals surface area contributed by atoms with Crippen LogP contribution in [0.2, 0.25) is 0 Å². The summed E-state index contributed by atoms with van der Waals surface area (Å²) in [6.07, 6.45) is 4.72. The Morgan fingerprint density at radius 2 is 2.05 bits per heavy atom. The van der Waals surface area contributed by atoms with E-state index in [1.54, 1.807) is 0 Å². The third-order valence-corrected chi connectivity index (χ3v) is 3.43. The number of anilines is 1. The average Bonchev–Trinajstić information content (AvgIpc) is 2.82. The van der Waals surface area contributed by atoms with Crippen LogP contribution in [0.15, 0.2) is 0 Å². The second-order valence-corrected chi connectivity index (χ2v) is 5.40. The maximum atomic E-state index is 11.5. The molecule has 0 aliphatic heterocycles. The van der Waals surface area contributed by atoms with Crippen molar-refractivity contribution in [2.75, 3.05) is 11.9 Å². The SMILES string of the molecule is CCCCCc1nnc(NC(=O)NCCCC(=O)O)s1. The first-order valence-corrected chi connectivity index (χ1v) is 7.52. The molecular weight excluding hydrogens is 280 g/mol. The standard InChI is InChI=1S/C12H20N4O3S/c1-2-3-4-6-9-15-16-12(20-9)14-11(19)13-8-5-7-10(17)18/h2-8H2,1H3,(H,17,18)(H2,13,14,16,19). The molecule has 0 fully saturated rings. The number of aliphatic carboxylic acids is 1. The molecule has 1 aromatic rings. The predicted octanol–water partition coefficient (Wildman–Crippen LogP) is 2.26. The lowest BCUT2D eigenvalue weighted by atomic mass is 10.2. The molecule has 0 atom stereocenters. The summed E-state index contributed by atoms with van der Waals surface area (Å²) in [6.45, 7) is 2.46. The zero-order chi connectivity index (χ0) is 14.8. The van der Waals surface area contributed by atoms with Gasteiger partial charge in [-0.05, 0) is 12.8 Å². The molecule has 1 heterocycles. The Morgan fingerprint density at radius 3 is 2.75 bits per heavy atom. The summed E-state index contributed by atoms with van der Waals surface area (Å²) in [5, 5.41) is 22.9. The third kappa shape index (κ3) is 7.03. The van der Waals surface area contributed by atoms with Gasteiger partial charge in [0.2, 0.25) is 5.13 Å². The van der Waals surface area contributed by atoms with Crippen molar-refractivity contribution in [3.63, 3.8) is 0 Å². The fourth-order valence-electron chi connectivity index (χ4n) is 1.51. The quantitative estimate of drug-likeness (QED) is 0.607. The van der Waals surface area contributed by atoms with E-state index < -0.39 is 5.97 Å². The lowest BCUT2D eigenvalue weighted by molar-refractivity contribution is -0.137. The average molecular weight is 300 g/mol. The van der Waals surface area contributed by atoms with Crippen LogP contribution in [0.5, 0.6) is 0 Å². The predicted molar refractivity (Wildman–Crippen MR) is 77.0 cm³/mol. The number of aromatic nitrogens is 2. The van der Waals surface area contributed by atoms with Crippen LogP contribution in [0.3, 0.4) is 0 Å². The molecule has 0 aliphatic rings. The van der Waals surface area contributed by atoms with Crippen molar-refractivity contribution in [1.29, 1.82) is 0 Å². The molecule has 0 aromatic carbocycles. The van der Waals surface area contributed by atoms with E-state index in [1.807, 2.05) is 0 Å². The van der Waals surface area contributed by atoms with Gasteiger partial charge in [0.25, 0.3) is 0 Å². The van der Waals surface area contributed by atoms with Gasteiger partial charge in [0.05, 0.1) is 0 Å². The van der Waals surface area contributed by atoms with Crippen LogP contribution in [-0.2, 0) is 11.2 Å². The number of amides is 2. The van der Waals surface area contributed by atoms with Crippen LogP contribution >= 0.6 is 11.3 Å². The van der Waals surface area contributed by atoms with E-state index in [0.29, 0.717) is 18.1 Å². The Hall–Kier alpha value is -1.70. The fourth-order valence-corrected chi connectivity index (χ4v) is 2.29. The highest BCUT2D eigenvalue weighted by Gasteiger charge is 2.07. The molecule has 0 spiro atoms. The van der Waals surface area contributed by atoms with Gasteiger partial charge in [0.15, 0.2) is 0 Å². The molecule has 2 amide bonds. The van der Waals surface area contributed by atoms with E-state index in [0.717, 1.165) is 30.7 Å². The van der Waals surface area contributed by atoms with Crippen LogP contribution in [-0.4, -0.2) is 33.8 Å². The molecule has 0 saturated carbocycles. The minimum absolute atomic E-state index is 0.0423. The number of carboxylic acids is 1. The summed E-state index contributed by atoms with van der Waals surface area (Å²) < 4.78 is 0. The second-order valence-electron chi connectivity index (χ2n) is 4.34. The molecule has 1 aromatic heterocycles. The van der Waals surface area contributed by atoms with Crippen LogP contribution in [0, 0.1) is 0 Å². The van der Waals surface area contributed by atoms with E-state index in [4.69, 9.17) is 5.11 Å². The monoisotopic (exact) mass is 300 g/mol. The normalized spacial score (nSPS) is 10.2. The summed E-state index contributed by atoms with van der Waals surface area (Å²) in [4.78, 5) is 21.8. The maximum absolute atomic E-state index is 11.5. The number of carbonyl (C=O) groups is 2. The van der Waals surface area contributed by atoms with Gasteiger partial charge in [-0.25, -0.2) is 4.79 Å². The minimum atomic E-state index is -0.868. The molecule has 0 radical (unpaired) electrons. The summed E-state index contributed by atoms with van der Waals surface area (Å²) in [6, 6.07) is -0.383. The van der Waals surface area contributed by atoms with Crippen molar-refractivity contribution in [1.82, 2.24) is 15.5 Å². The summed E-state index contributed by atoms with van der Waals surface area (Å²) >= 11 is 1.37. The van der Waals surface area contributed by atoms with Gasteiger partial charge in [-0.3, -0.25) is 10.1 Å². The highest BCUT2D eigenvalue weighted by atomic mass is 32.1. The lowest BCUT2D eigenvalue weighted by Gasteiger charge is -2.03. The first-order chi connectivity index (χ1) is 9.61. The number of hydrogen-bond acceptors (Lipinski definition) is 5. The van der Waals surface area contributed by atoms with Crippen LogP contribution in [0.25, 0.3) is 0 Å². The zero-order valence-corrected chi connectivity index (χ0v) is 12.3. The Morgan fingerprint density at radius 1 is 1.25 bits per heavy atom. The fraction of sp³-hybridized carbons (Fsp3) is 0.667. The highest BCUT2D eigenvalue weighted by molar-refractivity contribution is 7.15. The van der Waals surface area contributed by atoms with Crippen molar-refractivity contribution in [2.45, 2.75) is 45.4 Å². The highest BCUT2D eigenvalue weighted by Crippen LogP contribution is 2.17. The number of aryl methyl sites for hydroxylation is 1. The number of unbranched alkanes of at least 4 members (excludes halogenated alkanes) is 2. The van der Waals surface area contributed by atoms with E-state index in [2.05, 4.69) is 27.8 Å². The van der Waals surface area contributed by atoms with Gasteiger partial charge in [-0.2, -0.15) is 0 Å². The van der Waals surface area contributed by atoms with Crippen LogP contribution in [0.4, 0.5) is 9.93 Å². The van der Waals surface area contributed by atoms with Gasteiger partial charge < -0.3 is 10.4 Å². The number of urea groups is 1. The van der Waals surface area contributed by atoms with Crippen LogP contribution in [0.1, 0.15) is 44.0 Å². The van der Waals surface area contributed by atoms with Crippen molar-refractivity contribution in [2.24, 2.45) is 0 Å². The molecule has 7 nitrogen and oxygen atoms in total. The topological polar surface area (TPSA) is 104 Å². The third-order valence-electron chi connectivity index (χ3n) is 2.53. The number of hydrogen-bond donors (Lipinski definition) is 3. The van der Waals surface area contributed by atoms with E-state index >= 15 is 0 Å². The van der Waals surface area contributed by atoms with Gasteiger partial charge in [0.1, 0.15) is 5.01 Å². The Kier molecular flexibility index (Phi) is 7.56.